The number of rotatable bonds is 1. The van der Waals surface area contributed by atoms with Crippen molar-refractivity contribution in [2.24, 2.45) is 11.8 Å². The van der Waals surface area contributed by atoms with E-state index in [2.05, 4.69) is 49.5 Å². The van der Waals surface area contributed by atoms with Crippen LogP contribution < -0.4 is 5.32 Å². The first-order valence-corrected chi connectivity index (χ1v) is 8.36. The van der Waals surface area contributed by atoms with Gasteiger partial charge in [-0.2, -0.15) is 0 Å². The maximum absolute atomic E-state index is 13.1. The number of carbonyl (C=O) groups is 1. The van der Waals surface area contributed by atoms with Crippen LogP contribution in [0.25, 0.3) is 0 Å². The highest BCUT2D eigenvalue weighted by Gasteiger charge is 2.52. The predicted molar refractivity (Wildman–Crippen MR) is 83.6 cm³/mol. The lowest BCUT2D eigenvalue weighted by Gasteiger charge is -2.35. The molecule has 0 aromatic carbocycles. The normalized spacial score (nSPS) is 28.0. The second kappa shape index (κ2) is 4.74. The molecule has 3 rings (SSSR count). The minimum absolute atomic E-state index is 0.106. The summed E-state index contributed by atoms with van der Waals surface area (Å²) in [5.41, 5.74) is 0.562. The summed E-state index contributed by atoms with van der Waals surface area (Å²) in [6.45, 7) is 13.5. The molecule has 2 aliphatic heterocycles. The van der Waals surface area contributed by atoms with Crippen LogP contribution >= 0.6 is 11.5 Å². The molecular formula is C15H24N4OS. The molecule has 2 aliphatic rings. The lowest BCUT2D eigenvalue weighted by molar-refractivity contribution is 0.0605. The van der Waals surface area contributed by atoms with Crippen molar-refractivity contribution in [3.05, 3.63) is 10.6 Å². The van der Waals surface area contributed by atoms with Gasteiger partial charge in [0.1, 0.15) is 4.88 Å². The van der Waals surface area contributed by atoms with Gasteiger partial charge in [-0.1, -0.05) is 25.3 Å². The summed E-state index contributed by atoms with van der Waals surface area (Å²) < 4.78 is 4.03. The van der Waals surface area contributed by atoms with E-state index < -0.39 is 0 Å². The van der Waals surface area contributed by atoms with E-state index in [1.165, 1.54) is 11.5 Å². The van der Waals surface area contributed by atoms with Crippen LogP contribution in [0.5, 0.6) is 0 Å². The molecule has 6 heteroatoms. The molecule has 0 aliphatic carbocycles. The highest BCUT2D eigenvalue weighted by Crippen LogP contribution is 2.42. The zero-order chi connectivity index (χ0) is 15.4. The molecule has 2 fully saturated rings. The Bertz CT molecular complexity index is 560. The van der Waals surface area contributed by atoms with Gasteiger partial charge in [-0.15, -0.1) is 5.10 Å². The minimum Gasteiger partial charge on any atom is -0.332 e. The molecule has 2 saturated heterocycles. The smallest absolute Gasteiger partial charge is 0.268 e. The molecule has 1 amide bonds. The number of hydrogen-bond donors (Lipinski definition) is 1. The molecule has 1 aromatic heterocycles. The summed E-state index contributed by atoms with van der Waals surface area (Å²) in [6.07, 6.45) is 0. The molecule has 0 bridgehead atoms. The van der Waals surface area contributed by atoms with Gasteiger partial charge in [0.2, 0.25) is 0 Å². The Morgan fingerprint density at radius 3 is 2.71 bits per heavy atom. The van der Waals surface area contributed by atoms with Gasteiger partial charge < -0.3 is 10.2 Å². The van der Waals surface area contributed by atoms with Crippen LogP contribution in [-0.4, -0.2) is 45.6 Å². The molecule has 1 aromatic rings. The van der Waals surface area contributed by atoms with Crippen molar-refractivity contribution in [1.29, 1.82) is 0 Å². The zero-order valence-electron chi connectivity index (χ0n) is 13.4. The van der Waals surface area contributed by atoms with Gasteiger partial charge in [-0.05, 0) is 37.2 Å². The molecule has 5 nitrogen and oxygen atoms in total. The average molecular weight is 308 g/mol. The summed E-state index contributed by atoms with van der Waals surface area (Å²) in [7, 11) is 0. The van der Waals surface area contributed by atoms with Gasteiger partial charge in [0.25, 0.3) is 5.91 Å². The van der Waals surface area contributed by atoms with Crippen LogP contribution in [0.4, 0.5) is 0 Å². The average Bonchev–Trinajstić information content (AvgIpc) is 3.05. The van der Waals surface area contributed by atoms with E-state index >= 15 is 0 Å². The molecular weight excluding hydrogens is 284 g/mol. The number of fused-ring (bicyclic) bond motifs is 1. The topological polar surface area (TPSA) is 58.1 Å². The van der Waals surface area contributed by atoms with Crippen LogP contribution in [0, 0.1) is 11.8 Å². The van der Waals surface area contributed by atoms with E-state index in [0.717, 1.165) is 25.3 Å². The Balaban J connectivity index is 1.92. The predicted octanol–water partition coefficient (Wildman–Crippen LogP) is 1.91. The van der Waals surface area contributed by atoms with Gasteiger partial charge in [0.15, 0.2) is 0 Å². The number of aromatic nitrogens is 2. The van der Waals surface area contributed by atoms with Gasteiger partial charge in [-0.3, -0.25) is 4.79 Å². The van der Waals surface area contributed by atoms with Crippen molar-refractivity contribution in [2.45, 2.75) is 45.6 Å². The molecule has 0 radical (unpaired) electrons. The largest absolute Gasteiger partial charge is 0.332 e. The summed E-state index contributed by atoms with van der Waals surface area (Å²) in [4.78, 5) is 15.8. The molecule has 21 heavy (non-hydrogen) atoms. The standard InChI is InChI=1S/C15H24N4OS/c1-14(2,3)12-11(21-18-17-12)13(20)19-8-9-6-16-7-10(9)15(19,4)5/h9-10,16H,6-8H2,1-5H3. The first-order chi connectivity index (χ1) is 9.73. The number of nitrogens with zero attached hydrogens (tertiary/aromatic N) is 3. The first kappa shape index (κ1) is 14.9. The van der Waals surface area contributed by atoms with E-state index in [-0.39, 0.29) is 16.9 Å². The Kier molecular flexibility index (Phi) is 3.37. The highest BCUT2D eigenvalue weighted by atomic mass is 32.1. The quantitative estimate of drug-likeness (QED) is 0.861. The second-order valence-electron chi connectivity index (χ2n) is 7.79. The van der Waals surface area contributed by atoms with E-state index in [1.807, 2.05) is 4.90 Å². The monoisotopic (exact) mass is 308 g/mol. The van der Waals surface area contributed by atoms with Crippen LogP contribution in [-0.2, 0) is 5.41 Å². The number of carbonyl (C=O) groups excluding carboxylic acids is 1. The van der Waals surface area contributed by atoms with Gasteiger partial charge in [-0.25, -0.2) is 0 Å². The number of nitrogens with one attached hydrogen (secondary N) is 1. The first-order valence-electron chi connectivity index (χ1n) is 7.58. The third-order valence-corrected chi connectivity index (χ3v) is 5.71. The van der Waals surface area contributed by atoms with E-state index in [0.29, 0.717) is 16.7 Å². The fourth-order valence-corrected chi connectivity index (χ4v) is 4.54. The van der Waals surface area contributed by atoms with Crippen LogP contribution in [0.3, 0.4) is 0 Å². The molecule has 116 valence electrons. The number of amides is 1. The second-order valence-corrected chi connectivity index (χ2v) is 8.55. The van der Waals surface area contributed by atoms with E-state index in [1.54, 1.807) is 0 Å². The molecule has 0 spiro atoms. The SMILES string of the molecule is CC(C)(C)c1nnsc1C(=O)N1CC2CNCC2C1(C)C. The number of hydrogen-bond acceptors (Lipinski definition) is 5. The Morgan fingerprint density at radius 2 is 2.10 bits per heavy atom. The minimum atomic E-state index is -0.153. The fraction of sp³-hybridized carbons (Fsp3) is 0.800. The van der Waals surface area contributed by atoms with Crippen molar-refractivity contribution >= 4 is 17.4 Å². The van der Waals surface area contributed by atoms with Crippen LogP contribution in [0.1, 0.15) is 50.0 Å². The highest BCUT2D eigenvalue weighted by molar-refractivity contribution is 7.08. The summed E-state index contributed by atoms with van der Waals surface area (Å²) in [5, 5.41) is 7.66. The van der Waals surface area contributed by atoms with Gasteiger partial charge in [0, 0.05) is 30.6 Å². The van der Waals surface area contributed by atoms with Crippen molar-refractivity contribution in [1.82, 2.24) is 19.8 Å². The fourth-order valence-electron chi connectivity index (χ4n) is 3.71. The summed E-state index contributed by atoms with van der Waals surface area (Å²) >= 11 is 1.23. The summed E-state index contributed by atoms with van der Waals surface area (Å²) in [5.74, 6) is 1.22. The van der Waals surface area contributed by atoms with Crippen molar-refractivity contribution in [3.8, 4) is 0 Å². The van der Waals surface area contributed by atoms with Gasteiger partial charge in [0.05, 0.1) is 5.69 Å². The molecule has 0 saturated carbocycles. The molecule has 1 N–H and O–H groups in total. The Hall–Kier alpha value is -1.01. The van der Waals surface area contributed by atoms with Crippen LogP contribution in [0.2, 0.25) is 0 Å². The molecule has 2 atom stereocenters. The Morgan fingerprint density at radius 1 is 1.38 bits per heavy atom. The summed E-state index contributed by atoms with van der Waals surface area (Å²) in [6, 6.07) is 0. The third kappa shape index (κ3) is 2.28. The lowest BCUT2D eigenvalue weighted by Crippen LogP contribution is -2.47. The maximum Gasteiger partial charge on any atom is 0.268 e. The van der Waals surface area contributed by atoms with E-state index in [4.69, 9.17) is 0 Å². The lowest BCUT2D eigenvalue weighted by atomic mass is 9.84. The van der Waals surface area contributed by atoms with Crippen molar-refractivity contribution < 1.29 is 4.79 Å². The van der Waals surface area contributed by atoms with Crippen molar-refractivity contribution in [2.75, 3.05) is 19.6 Å². The Labute approximate surface area is 130 Å². The van der Waals surface area contributed by atoms with Crippen LogP contribution in [0.15, 0.2) is 0 Å². The maximum atomic E-state index is 13.1. The zero-order valence-corrected chi connectivity index (χ0v) is 14.3. The van der Waals surface area contributed by atoms with Crippen molar-refractivity contribution in [3.63, 3.8) is 0 Å². The molecule has 3 heterocycles. The number of likely N-dealkylation sites (tertiary alicyclic amines) is 1. The van der Waals surface area contributed by atoms with E-state index in [9.17, 15) is 4.79 Å². The van der Waals surface area contributed by atoms with Gasteiger partial charge >= 0.3 is 0 Å². The molecule has 2 unspecified atom stereocenters. The third-order valence-electron chi connectivity index (χ3n) is 5.00.